The first-order valence-corrected chi connectivity index (χ1v) is 5.72. The number of benzene rings is 1. The third kappa shape index (κ3) is 4.24. The molecule has 0 amide bonds. The Morgan fingerprint density at radius 1 is 1.53 bits per heavy atom. The first-order valence-electron chi connectivity index (χ1n) is 5.34. The first kappa shape index (κ1) is 13.8. The van der Waals surface area contributed by atoms with E-state index in [1.807, 2.05) is 25.9 Å². The maximum Gasteiger partial charge on any atom is 0.337 e. The molecular formula is C12H17ClN2O2. The van der Waals surface area contributed by atoms with Gasteiger partial charge in [-0.3, -0.25) is 0 Å². The third-order valence-corrected chi connectivity index (χ3v) is 2.49. The molecule has 1 aromatic carbocycles. The van der Waals surface area contributed by atoms with Crippen LogP contribution in [0.25, 0.3) is 0 Å². The molecule has 0 heterocycles. The Morgan fingerprint density at radius 3 is 2.71 bits per heavy atom. The number of hydrogen-bond donors (Lipinski definition) is 2. The maximum absolute atomic E-state index is 11.0. The molecule has 2 N–H and O–H groups in total. The van der Waals surface area contributed by atoms with Gasteiger partial charge in [0.2, 0.25) is 0 Å². The largest absolute Gasteiger partial charge is 0.478 e. The quantitative estimate of drug-likeness (QED) is 0.850. The van der Waals surface area contributed by atoms with Crippen molar-refractivity contribution < 1.29 is 9.90 Å². The number of carbonyl (C=O) groups is 1. The van der Waals surface area contributed by atoms with Crippen LogP contribution in [0.5, 0.6) is 0 Å². The van der Waals surface area contributed by atoms with E-state index >= 15 is 0 Å². The second-order valence-electron chi connectivity index (χ2n) is 4.30. The molecule has 0 aliphatic heterocycles. The zero-order valence-corrected chi connectivity index (χ0v) is 11.0. The lowest BCUT2D eigenvalue weighted by atomic mass is 10.1. The fourth-order valence-corrected chi connectivity index (χ4v) is 1.85. The fraction of sp³-hybridized carbons (Fsp3) is 0.417. The Morgan fingerprint density at radius 2 is 2.18 bits per heavy atom. The summed E-state index contributed by atoms with van der Waals surface area (Å²) in [5.74, 6) is -0.957. The van der Waals surface area contributed by atoms with Gasteiger partial charge in [0.25, 0.3) is 0 Å². The Balaban J connectivity index is 2.88. The number of carboxylic acid groups (broad SMARTS) is 1. The minimum Gasteiger partial charge on any atom is -0.478 e. The summed E-state index contributed by atoms with van der Waals surface area (Å²) in [5, 5.41) is 12.7. The number of aromatic carboxylic acids is 1. The van der Waals surface area contributed by atoms with E-state index in [0.717, 1.165) is 6.54 Å². The number of nitrogens with one attached hydrogen (secondary N) is 1. The zero-order valence-electron chi connectivity index (χ0n) is 10.2. The highest BCUT2D eigenvalue weighted by atomic mass is 35.5. The van der Waals surface area contributed by atoms with Gasteiger partial charge in [0.05, 0.1) is 11.3 Å². The van der Waals surface area contributed by atoms with E-state index < -0.39 is 5.97 Å². The van der Waals surface area contributed by atoms with Crippen molar-refractivity contribution in [3.8, 4) is 0 Å². The molecule has 0 spiro atoms. The molecular weight excluding hydrogens is 240 g/mol. The smallest absolute Gasteiger partial charge is 0.337 e. The summed E-state index contributed by atoms with van der Waals surface area (Å²) >= 11 is 5.87. The molecule has 0 aromatic heterocycles. The molecule has 1 aromatic rings. The molecule has 94 valence electrons. The summed E-state index contributed by atoms with van der Waals surface area (Å²) < 4.78 is 0. The van der Waals surface area contributed by atoms with E-state index in [4.69, 9.17) is 16.7 Å². The molecule has 1 unspecified atom stereocenters. The van der Waals surface area contributed by atoms with Gasteiger partial charge < -0.3 is 15.3 Å². The van der Waals surface area contributed by atoms with E-state index in [0.29, 0.717) is 10.7 Å². The van der Waals surface area contributed by atoms with Crippen LogP contribution in [0.3, 0.4) is 0 Å². The van der Waals surface area contributed by atoms with Gasteiger partial charge in [0.1, 0.15) is 0 Å². The van der Waals surface area contributed by atoms with Crippen molar-refractivity contribution in [1.82, 2.24) is 4.90 Å². The van der Waals surface area contributed by atoms with E-state index in [1.54, 1.807) is 12.1 Å². The van der Waals surface area contributed by atoms with Crippen LogP contribution in [0.2, 0.25) is 5.02 Å². The molecule has 0 saturated heterocycles. The summed E-state index contributed by atoms with van der Waals surface area (Å²) in [5.41, 5.74) is 0.791. The van der Waals surface area contributed by atoms with E-state index in [-0.39, 0.29) is 11.6 Å². The van der Waals surface area contributed by atoms with E-state index in [1.165, 1.54) is 6.07 Å². The topological polar surface area (TPSA) is 52.6 Å². The van der Waals surface area contributed by atoms with E-state index in [2.05, 4.69) is 5.32 Å². The van der Waals surface area contributed by atoms with Gasteiger partial charge in [0, 0.05) is 17.6 Å². The number of hydrogen-bond acceptors (Lipinski definition) is 3. The number of anilines is 1. The molecule has 1 atom stereocenters. The van der Waals surface area contributed by atoms with Crippen LogP contribution in [-0.2, 0) is 0 Å². The van der Waals surface area contributed by atoms with Crippen LogP contribution < -0.4 is 5.32 Å². The molecule has 4 nitrogen and oxygen atoms in total. The molecule has 5 heteroatoms. The molecule has 0 saturated carbocycles. The molecule has 0 aliphatic carbocycles. The van der Waals surface area contributed by atoms with Crippen LogP contribution in [-0.4, -0.2) is 42.7 Å². The summed E-state index contributed by atoms with van der Waals surface area (Å²) in [6.07, 6.45) is 0. The Kier molecular flexibility index (Phi) is 4.78. The highest BCUT2D eigenvalue weighted by Crippen LogP contribution is 2.21. The van der Waals surface area contributed by atoms with Crippen LogP contribution in [0.15, 0.2) is 18.2 Å². The zero-order chi connectivity index (χ0) is 13.0. The lowest BCUT2D eigenvalue weighted by molar-refractivity contribution is 0.0698. The maximum atomic E-state index is 11.0. The van der Waals surface area contributed by atoms with Gasteiger partial charge in [-0.1, -0.05) is 11.6 Å². The Bertz CT molecular complexity index is 407. The van der Waals surface area contributed by atoms with Gasteiger partial charge >= 0.3 is 5.97 Å². The number of likely N-dealkylation sites (N-methyl/N-ethyl adjacent to an activating group) is 1. The Labute approximate surface area is 106 Å². The summed E-state index contributed by atoms with van der Waals surface area (Å²) in [6, 6.07) is 4.86. The minimum absolute atomic E-state index is 0.140. The molecule has 0 bridgehead atoms. The average Bonchev–Trinajstić information content (AvgIpc) is 2.15. The predicted molar refractivity (Wildman–Crippen MR) is 70.1 cm³/mol. The summed E-state index contributed by atoms with van der Waals surface area (Å²) in [4.78, 5) is 13.1. The first-order chi connectivity index (χ1) is 7.90. The lowest BCUT2D eigenvalue weighted by Gasteiger charge is -2.20. The van der Waals surface area contributed by atoms with Gasteiger partial charge in [-0.15, -0.1) is 0 Å². The minimum atomic E-state index is -0.957. The van der Waals surface area contributed by atoms with Crippen molar-refractivity contribution >= 4 is 23.3 Å². The highest BCUT2D eigenvalue weighted by molar-refractivity contribution is 6.31. The molecule has 0 radical (unpaired) electrons. The van der Waals surface area contributed by atoms with Crippen LogP contribution in [0.1, 0.15) is 17.3 Å². The highest BCUT2D eigenvalue weighted by Gasteiger charge is 2.12. The normalized spacial score (nSPS) is 12.5. The van der Waals surface area contributed by atoms with Crippen LogP contribution >= 0.6 is 11.6 Å². The van der Waals surface area contributed by atoms with Gasteiger partial charge in [-0.05, 0) is 39.2 Å². The van der Waals surface area contributed by atoms with Crippen molar-refractivity contribution in [3.05, 3.63) is 28.8 Å². The van der Waals surface area contributed by atoms with Gasteiger partial charge in [0.15, 0.2) is 0 Å². The summed E-state index contributed by atoms with van der Waals surface area (Å²) in [6.45, 7) is 2.80. The van der Waals surface area contributed by atoms with Crippen LogP contribution in [0, 0.1) is 0 Å². The third-order valence-electron chi connectivity index (χ3n) is 2.25. The average molecular weight is 257 g/mol. The second kappa shape index (κ2) is 5.89. The number of carboxylic acids is 1. The van der Waals surface area contributed by atoms with Crippen molar-refractivity contribution in [3.63, 3.8) is 0 Å². The Hall–Kier alpha value is -1.26. The SMILES string of the molecule is CC(CN(C)C)Nc1cc(Cl)ccc1C(=O)O. The van der Waals surface area contributed by atoms with E-state index in [9.17, 15) is 4.79 Å². The fourth-order valence-electron chi connectivity index (χ4n) is 1.68. The molecule has 17 heavy (non-hydrogen) atoms. The second-order valence-corrected chi connectivity index (χ2v) is 4.74. The molecule has 0 aliphatic rings. The predicted octanol–water partition coefficient (Wildman–Crippen LogP) is 2.40. The lowest BCUT2D eigenvalue weighted by Crippen LogP contribution is -2.30. The van der Waals surface area contributed by atoms with Gasteiger partial charge in [-0.25, -0.2) is 4.79 Å². The number of nitrogens with zero attached hydrogens (tertiary/aromatic N) is 1. The monoisotopic (exact) mass is 256 g/mol. The van der Waals surface area contributed by atoms with Crippen molar-refractivity contribution in [2.24, 2.45) is 0 Å². The van der Waals surface area contributed by atoms with Crippen molar-refractivity contribution in [2.75, 3.05) is 26.0 Å². The van der Waals surface area contributed by atoms with Crippen molar-refractivity contribution in [1.29, 1.82) is 0 Å². The standard InChI is InChI=1S/C12H17ClN2O2/c1-8(7-15(2)3)14-11-6-9(13)4-5-10(11)12(16)17/h4-6,8,14H,7H2,1-3H3,(H,16,17). The molecule has 0 fully saturated rings. The van der Waals surface area contributed by atoms with Crippen molar-refractivity contribution in [2.45, 2.75) is 13.0 Å². The number of rotatable bonds is 5. The number of halogens is 1. The summed E-state index contributed by atoms with van der Waals surface area (Å²) in [7, 11) is 3.93. The molecule has 1 rings (SSSR count). The van der Waals surface area contributed by atoms with Gasteiger partial charge in [-0.2, -0.15) is 0 Å². The van der Waals surface area contributed by atoms with Crippen LogP contribution in [0.4, 0.5) is 5.69 Å².